The minimum Gasteiger partial charge on any atom is -0.460 e. The van der Waals surface area contributed by atoms with Crippen LogP contribution in [0.2, 0.25) is 0 Å². The molecular formula is C15H26O4. The first-order valence-electron chi connectivity index (χ1n) is 7.50. The largest absolute Gasteiger partial charge is 0.460 e. The highest BCUT2D eigenvalue weighted by Crippen LogP contribution is 2.32. The first-order valence-corrected chi connectivity index (χ1v) is 7.50. The van der Waals surface area contributed by atoms with E-state index in [1.54, 1.807) is 6.92 Å². The fourth-order valence-electron chi connectivity index (χ4n) is 2.59. The maximum Gasteiger partial charge on any atom is 0.374 e. The van der Waals surface area contributed by atoms with Gasteiger partial charge in [-0.3, -0.25) is 4.79 Å². The number of carbonyl (C=O) groups is 2. The molecule has 4 nitrogen and oxygen atoms in total. The zero-order valence-corrected chi connectivity index (χ0v) is 12.3. The fraction of sp³-hybridized carbons (Fsp3) is 0.867. The van der Waals surface area contributed by atoms with Gasteiger partial charge in [0.15, 0.2) is 0 Å². The molecule has 4 heteroatoms. The van der Waals surface area contributed by atoms with E-state index in [1.165, 1.54) is 0 Å². The van der Waals surface area contributed by atoms with E-state index in [-0.39, 0.29) is 24.7 Å². The molecule has 110 valence electrons. The highest BCUT2D eigenvalue weighted by molar-refractivity contribution is 6.34. The number of hydrogen-bond donors (Lipinski definition) is 0. The van der Waals surface area contributed by atoms with Crippen molar-refractivity contribution in [1.82, 2.24) is 0 Å². The lowest BCUT2D eigenvalue weighted by Gasteiger charge is -2.16. The second kappa shape index (κ2) is 8.31. The SMILES string of the molecule is CCCCC[C@@H]1O[C@H](CC)C[C@@H]1C(=O)C(=O)OCC. The van der Waals surface area contributed by atoms with Crippen LogP contribution in [0.1, 0.15) is 59.3 Å². The third-order valence-corrected chi connectivity index (χ3v) is 3.69. The quantitative estimate of drug-likeness (QED) is 0.386. The molecule has 1 aliphatic heterocycles. The predicted molar refractivity (Wildman–Crippen MR) is 72.8 cm³/mol. The number of carbonyl (C=O) groups excluding carboxylic acids is 2. The Balaban J connectivity index is 2.60. The van der Waals surface area contributed by atoms with Crippen LogP contribution in [-0.4, -0.2) is 30.6 Å². The lowest BCUT2D eigenvalue weighted by atomic mass is 9.91. The monoisotopic (exact) mass is 270 g/mol. The number of unbranched alkanes of at least 4 members (excludes halogenated alkanes) is 2. The van der Waals surface area contributed by atoms with E-state index in [2.05, 4.69) is 6.92 Å². The lowest BCUT2D eigenvalue weighted by molar-refractivity contribution is -0.156. The molecule has 0 aromatic rings. The second-order valence-corrected chi connectivity index (χ2v) is 5.13. The van der Waals surface area contributed by atoms with Gasteiger partial charge >= 0.3 is 5.97 Å². The van der Waals surface area contributed by atoms with Gasteiger partial charge in [-0.1, -0.05) is 33.1 Å². The van der Waals surface area contributed by atoms with Crippen molar-refractivity contribution in [3.63, 3.8) is 0 Å². The zero-order valence-electron chi connectivity index (χ0n) is 12.3. The van der Waals surface area contributed by atoms with Gasteiger partial charge in [0.2, 0.25) is 5.78 Å². The van der Waals surface area contributed by atoms with Crippen LogP contribution in [0.15, 0.2) is 0 Å². The lowest BCUT2D eigenvalue weighted by Crippen LogP contribution is -2.31. The minimum absolute atomic E-state index is 0.103. The molecule has 1 aliphatic rings. The summed E-state index contributed by atoms with van der Waals surface area (Å²) >= 11 is 0. The third-order valence-electron chi connectivity index (χ3n) is 3.69. The minimum atomic E-state index is -0.701. The van der Waals surface area contributed by atoms with Crippen molar-refractivity contribution in [3.05, 3.63) is 0 Å². The summed E-state index contributed by atoms with van der Waals surface area (Å²) in [7, 11) is 0. The van der Waals surface area contributed by atoms with Crippen LogP contribution in [0, 0.1) is 5.92 Å². The first-order chi connectivity index (χ1) is 9.13. The van der Waals surface area contributed by atoms with Gasteiger partial charge in [0.05, 0.1) is 24.7 Å². The molecule has 0 saturated carbocycles. The summed E-state index contributed by atoms with van der Waals surface area (Å²) in [5.74, 6) is -1.41. The highest BCUT2D eigenvalue weighted by Gasteiger charge is 2.41. The van der Waals surface area contributed by atoms with Gasteiger partial charge in [0.25, 0.3) is 0 Å². The summed E-state index contributed by atoms with van der Waals surface area (Å²) in [6, 6.07) is 0. The number of rotatable bonds is 8. The molecule has 0 spiro atoms. The van der Waals surface area contributed by atoms with Crippen LogP contribution in [0.5, 0.6) is 0 Å². The normalized spacial score (nSPS) is 26.4. The van der Waals surface area contributed by atoms with Gasteiger partial charge in [-0.25, -0.2) is 4.79 Å². The molecule has 1 heterocycles. The van der Waals surface area contributed by atoms with Crippen LogP contribution < -0.4 is 0 Å². The number of hydrogen-bond acceptors (Lipinski definition) is 4. The van der Waals surface area contributed by atoms with Crippen LogP contribution >= 0.6 is 0 Å². The Labute approximate surface area is 115 Å². The summed E-state index contributed by atoms with van der Waals surface area (Å²) in [6.07, 6.45) is 5.73. The zero-order chi connectivity index (χ0) is 14.3. The molecular weight excluding hydrogens is 244 g/mol. The Kier molecular flexibility index (Phi) is 7.06. The summed E-state index contributed by atoms with van der Waals surface area (Å²) < 4.78 is 10.7. The van der Waals surface area contributed by atoms with Gasteiger partial charge in [-0.15, -0.1) is 0 Å². The van der Waals surface area contributed by atoms with E-state index < -0.39 is 11.8 Å². The van der Waals surface area contributed by atoms with E-state index in [1.807, 2.05) is 6.92 Å². The van der Waals surface area contributed by atoms with Crippen molar-refractivity contribution in [1.29, 1.82) is 0 Å². The van der Waals surface area contributed by atoms with Crippen molar-refractivity contribution in [2.45, 2.75) is 71.5 Å². The number of Topliss-reactive ketones (excluding diaryl/α,β-unsaturated/α-hetero) is 1. The van der Waals surface area contributed by atoms with Crippen molar-refractivity contribution in [2.75, 3.05) is 6.61 Å². The fourth-order valence-corrected chi connectivity index (χ4v) is 2.59. The van der Waals surface area contributed by atoms with Crippen molar-refractivity contribution >= 4 is 11.8 Å². The predicted octanol–water partition coefficient (Wildman–Crippen LogP) is 2.88. The summed E-state index contributed by atoms with van der Waals surface area (Å²) in [6.45, 7) is 6.15. The van der Waals surface area contributed by atoms with Gasteiger partial charge < -0.3 is 9.47 Å². The van der Waals surface area contributed by atoms with E-state index >= 15 is 0 Å². The third kappa shape index (κ3) is 4.60. The Morgan fingerprint density at radius 3 is 2.53 bits per heavy atom. The molecule has 0 bridgehead atoms. The molecule has 0 aromatic carbocycles. The average molecular weight is 270 g/mol. The van der Waals surface area contributed by atoms with Crippen LogP contribution in [-0.2, 0) is 19.1 Å². The molecule has 3 atom stereocenters. The standard InChI is InChI=1S/C15H26O4/c1-4-7-8-9-13-12(10-11(5-2)19-13)14(16)15(17)18-6-3/h11-13H,4-10H2,1-3H3/t11-,12+,13+/m1/s1. The highest BCUT2D eigenvalue weighted by atomic mass is 16.5. The second-order valence-electron chi connectivity index (χ2n) is 5.13. The molecule has 0 amide bonds. The van der Waals surface area contributed by atoms with Crippen LogP contribution in [0.4, 0.5) is 0 Å². The maximum absolute atomic E-state index is 12.1. The molecule has 0 unspecified atom stereocenters. The molecule has 1 saturated heterocycles. The number of ether oxygens (including phenoxy) is 2. The molecule has 1 fully saturated rings. The Hall–Kier alpha value is -0.900. The smallest absolute Gasteiger partial charge is 0.374 e. The van der Waals surface area contributed by atoms with Gasteiger partial charge in [0.1, 0.15) is 0 Å². The Morgan fingerprint density at radius 1 is 1.21 bits per heavy atom. The Morgan fingerprint density at radius 2 is 1.95 bits per heavy atom. The van der Waals surface area contributed by atoms with Gasteiger partial charge in [0, 0.05) is 0 Å². The van der Waals surface area contributed by atoms with E-state index in [9.17, 15) is 9.59 Å². The van der Waals surface area contributed by atoms with Gasteiger partial charge in [-0.05, 0) is 26.2 Å². The molecule has 1 rings (SSSR count). The van der Waals surface area contributed by atoms with E-state index in [0.717, 1.165) is 32.1 Å². The molecule has 0 aromatic heterocycles. The number of ketones is 1. The average Bonchev–Trinajstić information content (AvgIpc) is 2.82. The van der Waals surface area contributed by atoms with Crippen LogP contribution in [0.25, 0.3) is 0 Å². The van der Waals surface area contributed by atoms with Crippen molar-refractivity contribution in [2.24, 2.45) is 5.92 Å². The summed E-state index contributed by atoms with van der Waals surface area (Å²) in [4.78, 5) is 23.7. The summed E-state index contributed by atoms with van der Waals surface area (Å²) in [5.41, 5.74) is 0. The maximum atomic E-state index is 12.1. The van der Waals surface area contributed by atoms with E-state index in [0.29, 0.717) is 6.42 Å². The molecule has 19 heavy (non-hydrogen) atoms. The number of esters is 1. The topological polar surface area (TPSA) is 52.6 Å². The molecule has 0 aliphatic carbocycles. The summed E-state index contributed by atoms with van der Waals surface area (Å²) in [5, 5.41) is 0. The van der Waals surface area contributed by atoms with Gasteiger partial charge in [-0.2, -0.15) is 0 Å². The first kappa shape index (κ1) is 16.2. The molecule has 0 N–H and O–H groups in total. The van der Waals surface area contributed by atoms with Crippen LogP contribution in [0.3, 0.4) is 0 Å². The van der Waals surface area contributed by atoms with E-state index in [4.69, 9.17) is 9.47 Å². The Bertz CT molecular complexity index is 301. The van der Waals surface area contributed by atoms with Crippen molar-refractivity contribution < 1.29 is 19.1 Å². The van der Waals surface area contributed by atoms with Crippen molar-refractivity contribution in [3.8, 4) is 0 Å². The molecule has 0 radical (unpaired) electrons.